The van der Waals surface area contributed by atoms with Crippen molar-refractivity contribution < 1.29 is 8.78 Å². The minimum absolute atomic E-state index is 0.128. The van der Waals surface area contributed by atoms with Gasteiger partial charge >= 0.3 is 0 Å². The number of hydrogen-bond acceptors (Lipinski definition) is 0. The molecule has 0 amide bonds. The normalized spacial score (nSPS) is 35.4. The van der Waals surface area contributed by atoms with Gasteiger partial charge in [-0.3, -0.25) is 0 Å². The quantitative estimate of drug-likeness (QED) is 0.429. The van der Waals surface area contributed by atoms with E-state index in [0.717, 1.165) is 0 Å². The molecule has 0 radical (unpaired) electrons. The molecule has 3 heteroatoms. The van der Waals surface area contributed by atoms with Crippen molar-refractivity contribution in [3.8, 4) is 0 Å². The molecule has 0 bridgehead atoms. The van der Waals surface area contributed by atoms with E-state index < -0.39 is 5.92 Å². The predicted molar refractivity (Wildman–Crippen MR) is 26.4 cm³/mol. The summed E-state index contributed by atoms with van der Waals surface area (Å²) >= 11 is 0. The van der Waals surface area contributed by atoms with Gasteiger partial charge in [0.25, 0.3) is 5.92 Å². The van der Waals surface area contributed by atoms with Crippen LogP contribution in [-0.2, 0) is 0 Å². The van der Waals surface area contributed by atoms with Gasteiger partial charge in [-0.15, -0.1) is 0 Å². The van der Waals surface area contributed by atoms with Crippen molar-refractivity contribution in [3.05, 3.63) is 0 Å². The Hall–Kier alpha value is -0.0751. The molecule has 1 rings (SSSR count). The van der Waals surface area contributed by atoms with E-state index in [1.54, 1.807) is 7.85 Å². The van der Waals surface area contributed by atoms with Gasteiger partial charge < -0.3 is 0 Å². The number of halogens is 2. The minimum Gasteiger partial charge on any atom is -0.207 e. The fourth-order valence-corrected chi connectivity index (χ4v) is 0.713. The van der Waals surface area contributed by atoms with Gasteiger partial charge in [0.2, 0.25) is 0 Å². The van der Waals surface area contributed by atoms with Gasteiger partial charge in [-0.05, 0) is 0 Å². The first-order chi connectivity index (χ1) is 3.17. The van der Waals surface area contributed by atoms with Crippen LogP contribution in [0.5, 0.6) is 0 Å². The molecule has 0 spiro atoms. The zero-order valence-electron chi connectivity index (χ0n) is 4.25. The Balaban J connectivity index is 2.30. The van der Waals surface area contributed by atoms with Crippen LogP contribution in [0, 0.1) is 5.92 Å². The monoisotopic (exact) mass is 104 g/mol. The van der Waals surface area contributed by atoms with E-state index in [1.807, 2.05) is 0 Å². The lowest BCUT2D eigenvalue weighted by molar-refractivity contribution is 0.103. The summed E-state index contributed by atoms with van der Waals surface area (Å²) in [6, 6.07) is 0. The summed E-state index contributed by atoms with van der Waals surface area (Å²) in [5.74, 6) is -2.57. The molecular formula is C4H7BF2. The average Bonchev–Trinajstić information content (AvgIpc) is 2.13. The van der Waals surface area contributed by atoms with E-state index >= 15 is 0 Å². The van der Waals surface area contributed by atoms with Crippen LogP contribution in [0.25, 0.3) is 0 Å². The van der Waals surface area contributed by atoms with Crippen LogP contribution in [0.4, 0.5) is 8.78 Å². The standard InChI is InChI=1S/C4H7BF2/c5-2-3-1-4(3,6)7/h3H,1-2,5H2. The second kappa shape index (κ2) is 1.20. The van der Waals surface area contributed by atoms with Crippen molar-refractivity contribution in [2.75, 3.05) is 0 Å². The third-order valence-corrected chi connectivity index (χ3v) is 1.45. The summed E-state index contributed by atoms with van der Waals surface area (Å²) in [4.78, 5) is 0. The summed E-state index contributed by atoms with van der Waals surface area (Å²) < 4.78 is 23.6. The third-order valence-electron chi connectivity index (χ3n) is 1.45. The van der Waals surface area contributed by atoms with Crippen molar-refractivity contribution in [2.24, 2.45) is 5.92 Å². The highest BCUT2D eigenvalue weighted by molar-refractivity contribution is 6.08. The molecule has 1 aliphatic carbocycles. The molecule has 40 valence electrons. The highest BCUT2D eigenvalue weighted by Crippen LogP contribution is 2.50. The van der Waals surface area contributed by atoms with Gasteiger partial charge in [0.05, 0.1) is 0 Å². The molecule has 0 aromatic heterocycles. The third kappa shape index (κ3) is 0.765. The van der Waals surface area contributed by atoms with Crippen LogP contribution in [0.3, 0.4) is 0 Å². The van der Waals surface area contributed by atoms with Crippen LogP contribution in [0.15, 0.2) is 0 Å². The van der Waals surface area contributed by atoms with E-state index in [9.17, 15) is 8.78 Å². The van der Waals surface area contributed by atoms with Crippen LogP contribution >= 0.6 is 0 Å². The smallest absolute Gasteiger partial charge is 0.207 e. The lowest BCUT2D eigenvalue weighted by Gasteiger charge is -1.86. The van der Waals surface area contributed by atoms with E-state index in [0.29, 0.717) is 6.32 Å². The minimum atomic E-state index is -2.28. The lowest BCUT2D eigenvalue weighted by atomic mass is 10.0. The molecule has 0 aromatic carbocycles. The van der Waals surface area contributed by atoms with E-state index in [4.69, 9.17) is 0 Å². The largest absolute Gasteiger partial charge is 0.250 e. The first-order valence-electron chi connectivity index (χ1n) is 2.54. The maximum atomic E-state index is 11.8. The first kappa shape index (κ1) is 5.07. The van der Waals surface area contributed by atoms with Gasteiger partial charge in [0.15, 0.2) is 0 Å². The van der Waals surface area contributed by atoms with Crippen LogP contribution in [0.2, 0.25) is 6.32 Å². The van der Waals surface area contributed by atoms with Crippen molar-refractivity contribution in [1.29, 1.82) is 0 Å². The molecular weight excluding hydrogens is 96.9 g/mol. The summed E-state index contributed by atoms with van der Waals surface area (Å²) in [6.07, 6.45) is 0.760. The fraction of sp³-hybridized carbons (Fsp3) is 1.00. The van der Waals surface area contributed by atoms with Gasteiger partial charge in [0.1, 0.15) is 7.85 Å². The van der Waals surface area contributed by atoms with Crippen LogP contribution in [0.1, 0.15) is 6.42 Å². The summed E-state index contributed by atoms with van der Waals surface area (Å²) in [5, 5.41) is 0. The second-order valence-electron chi connectivity index (χ2n) is 2.07. The number of alkyl halides is 2. The molecule has 1 atom stereocenters. The molecule has 0 nitrogen and oxygen atoms in total. The zero-order valence-corrected chi connectivity index (χ0v) is 4.25. The van der Waals surface area contributed by atoms with Gasteiger partial charge in [-0.1, -0.05) is 6.32 Å². The topological polar surface area (TPSA) is 0 Å². The molecule has 1 saturated carbocycles. The summed E-state index contributed by atoms with van der Waals surface area (Å²) in [5.41, 5.74) is 0. The molecule has 1 aliphatic rings. The molecule has 0 N–H and O–H groups in total. The molecule has 7 heavy (non-hydrogen) atoms. The number of hydrogen-bond donors (Lipinski definition) is 0. The molecule has 0 aliphatic heterocycles. The van der Waals surface area contributed by atoms with Crippen LogP contribution in [-0.4, -0.2) is 13.8 Å². The van der Waals surface area contributed by atoms with Crippen molar-refractivity contribution >= 4 is 7.85 Å². The lowest BCUT2D eigenvalue weighted by Crippen LogP contribution is -1.91. The maximum Gasteiger partial charge on any atom is 0.250 e. The zero-order chi connectivity index (χ0) is 5.49. The Morgan fingerprint density at radius 1 is 1.71 bits per heavy atom. The first-order valence-corrected chi connectivity index (χ1v) is 2.54. The SMILES string of the molecule is BCC1CC1(F)F. The molecule has 0 heterocycles. The highest BCUT2D eigenvalue weighted by Gasteiger charge is 2.54. The average molecular weight is 104 g/mol. The van der Waals surface area contributed by atoms with Crippen molar-refractivity contribution in [1.82, 2.24) is 0 Å². The Morgan fingerprint density at radius 3 is 2.14 bits per heavy atom. The van der Waals surface area contributed by atoms with E-state index in [-0.39, 0.29) is 12.3 Å². The Bertz CT molecular complexity index is 81.8. The maximum absolute atomic E-state index is 11.8. The van der Waals surface area contributed by atoms with Gasteiger partial charge in [-0.2, -0.15) is 0 Å². The molecule has 0 saturated heterocycles. The van der Waals surface area contributed by atoms with Gasteiger partial charge in [0, 0.05) is 12.3 Å². The second-order valence-corrected chi connectivity index (χ2v) is 2.07. The predicted octanol–water partition coefficient (Wildman–Crippen LogP) is 0.693. The Kier molecular flexibility index (Phi) is 0.872. The van der Waals surface area contributed by atoms with E-state index in [2.05, 4.69) is 0 Å². The Labute approximate surface area is 42.3 Å². The van der Waals surface area contributed by atoms with E-state index in [1.165, 1.54) is 0 Å². The Morgan fingerprint density at radius 2 is 2.14 bits per heavy atom. The molecule has 0 aromatic rings. The van der Waals surface area contributed by atoms with Crippen LogP contribution < -0.4 is 0 Å². The van der Waals surface area contributed by atoms with Gasteiger partial charge in [-0.25, -0.2) is 8.78 Å². The molecule has 1 unspecified atom stereocenters. The highest BCUT2D eigenvalue weighted by atomic mass is 19.3. The van der Waals surface area contributed by atoms with Crippen molar-refractivity contribution in [3.63, 3.8) is 0 Å². The fourth-order valence-electron chi connectivity index (χ4n) is 0.713. The van der Waals surface area contributed by atoms with Crippen molar-refractivity contribution in [2.45, 2.75) is 18.7 Å². The summed E-state index contributed by atoms with van der Waals surface area (Å²) in [6.45, 7) is 0. The molecule has 1 fully saturated rings. The number of rotatable bonds is 1. The summed E-state index contributed by atoms with van der Waals surface area (Å²) in [7, 11) is 1.80.